The van der Waals surface area contributed by atoms with Gasteiger partial charge in [-0.3, -0.25) is 4.79 Å². The molecule has 1 saturated carbocycles. The SMILES string of the molecule is O=C(NCC1CCCC(O)C1)c1c(Cl)ccc(Cl)c1Cl. The van der Waals surface area contributed by atoms with Crippen molar-refractivity contribution >= 4 is 40.7 Å². The largest absolute Gasteiger partial charge is 0.393 e. The first-order valence-corrected chi connectivity index (χ1v) is 7.72. The Labute approximate surface area is 133 Å². The molecule has 20 heavy (non-hydrogen) atoms. The van der Waals surface area contributed by atoms with E-state index < -0.39 is 0 Å². The van der Waals surface area contributed by atoms with Crippen LogP contribution >= 0.6 is 34.8 Å². The Balaban J connectivity index is 2.00. The van der Waals surface area contributed by atoms with Crippen LogP contribution in [0.5, 0.6) is 0 Å². The van der Waals surface area contributed by atoms with Crippen molar-refractivity contribution in [1.29, 1.82) is 0 Å². The zero-order valence-electron chi connectivity index (χ0n) is 10.8. The second-order valence-corrected chi connectivity index (χ2v) is 6.31. The number of aliphatic hydroxyl groups is 1. The minimum atomic E-state index is -0.331. The predicted molar refractivity (Wildman–Crippen MR) is 81.8 cm³/mol. The number of benzene rings is 1. The number of amides is 1. The number of carbonyl (C=O) groups is 1. The zero-order valence-corrected chi connectivity index (χ0v) is 13.1. The Hall–Kier alpha value is -0.480. The summed E-state index contributed by atoms with van der Waals surface area (Å²) in [6.45, 7) is 0.509. The molecule has 1 aliphatic rings. The van der Waals surface area contributed by atoms with Gasteiger partial charge >= 0.3 is 0 Å². The van der Waals surface area contributed by atoms with E-state index in [2.05, 4.69) is 5.32 Å². The maximum atomic E-state index is 12.2. The van der Waals surface area contributed by atoms with Gasteiger partial charge < -0.3 is 10.4 Å². The summed E-state index contributed by atoms with van der Waals surface area (Å²) in [5.41, 5.74) is 0.206. The van der Waals surface area contributed by atoms with Crippen LogP contribution in [0.2, 0.25) is 15.1 Å². The van der Waals surface area contributed by atoms with Crippen LogP contribution in [0.4, 0.5) is 0 Å². The van der Waals surface area contributed by atoms with Crippen LogP contribution in [0.3, 0.4) is 0 Å². The standard InChI is InChI=1S/C14H16Cl3NO2/c15-10-4-5-11(16)13(17)12(10)14(20)18-7-8-2-1-3-9(19)6-8/h4-5,8-9,19H,1-3,6-7H2,(H,18,20). The highest BCUT2D eigenvalue weighted by Crippen LogP contribution is 2.31. The molecule has 2 rings (SSSR count). The molecule has 6 heteroatoms. The number of hydrogen-bond acceptors (Lipinski definition) is 2. The van der Waals surface area contributed by atoms with Crippen molar-refractivity contribution in [2.45, 2.75) is 31.8 Å². The average Bonchev–Trinajstić information content (AvgIpc) is 2.41. The third-order valence-electron chi connectivity index (χ3n) is 3.58. The number of aliphatic hydroxyl groups excluding tert-OH is 1. The Morgan fingerprint density at radius 2 is 1.95 bits per heavy atom. The summed E-state index contributed by atoms with van der Waals surface area (Å²) in [5, 5.41) is 13.2. The molecule has 2 N–H and O–H groups in total. The van der Waals surface area contributed by atoms with Crippen LogP contribution in [0.1, 0.15) is 36.0 Å². The minimum Gasteiger partial charge on any atom is -0.393 e. The summed E-state index contributed by atoms with van der Waals surface area (Å²) in [6, 6.07) is 3.11. The van der Waals surface area contributed by atoms with E-state index in [0.717, 1.165) is 25.7 Å². The lowest BCUT2D eigenvalue weighted by atomic mass is 9.87. The van der Waals surface area contributed by atoms with Crippen molar-refractivity contribution in [2.24, 2.45) is 5.92 Å². The molecule has 2 atom stereocenters. The lowest BCUT2D eigenvalue weighted by molar-refractivity contribution is 0.0874. The molecule has 1 aromatic carbocycles. The van der Waals surface area contributed by atoms with Gasteiger partial charge in [0.2, 0.25) is 0 Å². The zero-order chi connectivity index (χ0) is 14.7. The third-order valence-corrected chi connectivity index (χ3v) is 4.70. The average molecular weight is 337 g/mol. The van der Waals surface area contributed by atoms with Gasteiger partial charge in [0.1, 0.15) is 0 Å². The van der Waals surface area contributed by atoms with E-state index in [1.54, 1.807) is 12.1 Å². The first kappa shape index (κ1) is 15.9. The summed E-state index contributed by atoms with van der Waals surface area (Å²) < 4.78 is 0. The fourth-order valence-electron chi connectivity index (χ4n) is 2.51. The molecule has 1 aliphatic carbocycles. The second-order valence-electron chi connectivity index (χ2n) is 5.11. The van der Waals surface area contributed by atoms with Crippen molar-refractivity contribution in [1.82, 2.24) is 5.32 Å². The maximum absolute atomic E-state index is 12.2. The normalized spacial score (nSPS) is 22.6. The first-order valence-electron chi connectivity index (χ1n) is 6.58. The lowest BCUT2D eigenvalue weighted by Gasteiger charge is -2.26. The number of carbonyl (C=O) groups excluding carboxylic acids is 1. The molecule has 110 valence electrons. The molecule has 0 spiro atoms. The van der Waals surface area contributed by atoms with E-state index in [1.165, 1.54) is 0 Å². The van der Waals surface area contributed by atoms with E-state index in [9.17, 15) is 9.90 Å². The van der Waals surface area contributed by atoms with Gasteiger partial charge in [-0.1, -0.05) is 41.2 Å². The van der Waals surface area contributed by atoms with Crippen LogP contribution in [0.15, 0.2) is 12.1 Å². The molecule has 1 fully saturated rings. The van der Waals surface area contributed by atoms with Gasteiger partial charge in [-0.15, -0.1) is 0 Å². The van der Waals surface area contributed by atoms with Crippen LogP contribution < -0.4 is 5.32 Å². The number of halogens is 3. The maximum Gasteiger partial charge on any atom is 0.254 e. The predicted octanol–water partition coefficient (Wildman–Crippen LogP) is 3.93. The summed E-state index contributed by atoms with van der Waals surface area (Å²) in [6.07, 6.45) is 3.30. The Bertz CT molecular complexity index is 507. The second kappa shape index (κ2) is 6.99. The molecule has 0 aliphatic heterocycles. The van der Waals surface area contributed by atoms with Gasteiger partial charge in [-0.2, -0.15) is 0 Å². The first-order chi connectivity index (χ1) is 9.49. The van der Waals surface area contributed by atoms with E-state index in [0.29, 0.717) is 17.5 Å². The minimum absolute atomic E-state index is 0.167. The highest BCUT2D eigenvalue weighted by molar-refractivity contribution is 6.46. The summed E-state index contributed by atoms with van der Waals surface area (Å²) in [5.74, 6) is -0.0398. The number of nitrogens with one attached hydrogen (secondary N) is 1. The van der Waals surface area contributed by atoms with Gasteiger partial charge in [0, 0.05) is 6.54 Å². The van der Waals surface area contributed by atoms with Crippen LogP contribution in [-0.4, -0.2) is 23.7 Å². The molecule has 2 unspecified atom stereocenters. The van der Waals surface area contributed by atoms with Gasteiger partial charge in [0.15, 0.2) is 0 Å². The Kier molecular flexibility index (Phi) is 5.56. The summed E-state index contributed by atoms with van der Waals surface area (Å²) in [7, 11) is 0. The fourth-order valence-corrected chi connectivity index (χ4v) is 3.21. The molecule has 3 nitrogen and oxygen atoms in total. The molecular weight excluding hydrogens is 321 g/mol. The van der Waals surface area contributed by atoms with Crippen molar-refractivity contribution < 1.29 is 9.90 Å². The summed E-state index contributed by atoms with van der Waals surface area (Å²) in [4.78, 5) is 12.2. The molecule has 0 aromatic heterocycles. The molecule has 0 bridgehead atoms. The van der Waals surface area contributed by atoms with E-state index in [-0.39, 0.29) is 27.6 Å². The van der Waals surface area contributed by atoms with Crippen LogP contribution in [0.25, 0.3) is 0 Å². The fraction of sp³-hybridized carbons (Fsp3) is 0.500. The molecule has 0 radical (unpaired) electrons. The molecule has 1 aromatic rings. The highest BCUT2D eigenvalue weighted by atomic mass is 35.5. The van der Waals surface area contributed by atoms with Crippen LogP contribution in [0, 0.1) is 5.92 Å². The number of hydrogen-bond donors (Lipinski definition) is 2. The van der Waals surface area contributed by atoms with Crippen molar-refractivity contribution in [2.75, 3.05) is 6.54 Å². The Morgan fingerprint density at radius 3 is 2.65 bits per heavy atom. The molecule has 0 heterocycles. The smallest absolute Gasteiger partial charge is 0.254 e. The third kappa shape index (κ3) is 3.79. The van der Waals surface area contributed by atoms with Crippen molar-refractivity contribution in [3.63, 3.8) is 0 Å². The monoisotopic (exact) mass is 335 g/mol. The van der Waals surface area contributed by atoms with Gasteiger partial charge in [-0.25, -0.2) is 0 Å². The van der Waals surface area contributed by atoms with Crippen LogP contribution in [-0.2, 0) is 0 Å². The molecule has 1 amide bonds. The summed E-state index contributed by atoms with van der Waals surface area (Å²) >= 11 is 17.9. The quantitative estimate of drug-likeness (QED) is 0.822. The highest BCUT2D eigenvalue weighted by Gasteiger charge is 2.22. The topological polar surface area (TPSA) is 49.3 Å². The lowest BCUT2D eigenvalue weighted by Crippen LogP contribution is -2.33. The van der Waals surface area contributed by atoms with Gasteiger partial charge in [0.25, 0.3) is 5.91 Å². The van der Waals surface area contributed by atoms with Crippen molar-refractivity contribution in [3.05, 3.63) is 32.8 Å². The van der Waals surface area contributed by atoms with E-state index in [4.69, 9.17) is 34.8 Å². The molecular formula is C14H16Cl3NO2. The van der Waals surface area contributed by atoms with E-state index in [1.807, 2.05) is 0 Å². The van der Waals surface area contributed by atoms with Crippen molar-refractivity contribution in [3.8, 4) is 0 Å². The molecule has 0 saturated heterocycles. The Morgan fingerprint density at radius 1 is 1.25 bits per heavy atom. The number of rotatable bonds is 3. The van der Waals surface area contributed by atoms with Gasteiger partial charge in [-0.05, 0) is 37.3 Å². The van der Waals surface area contributed by atoms with Gasteiger partial charge in [0.05, 0.1) is 26.7 Å². The van der Waals surface area contributed by atoms with E-state index >= 15 is 0 Å².